The molecule has 2 heterocycles. The first kappa shape index (κ1) is 12.3. The standard InChI is InChI=1S/C13H20FN3/c1-11(17-7-3-2-4-8-17)9-15-13-6-5-12(14)10-16-13/h5-6,10-11H,2-4,7-9H2,1H3,(H,15,16). The quantitative estimate of drug-likeness (QED) is 0.872. The van der Waals surface area contributed by atoms with Crippen LogP contribution in [0.2, 0.25) is 0 Å². The van der Waals surface area contributed by atoms with Crippen LogP contribution in [0.15, 0.2) is 18.3 Å². The zero-order valence-electron chi connectivity index (χ0n) is 10.3. The van der Waals surface area contributed by atoms with Gasteiger partial charge >= 0.3 is 0 Å². The first-order valence-electron chi connectivity index (χ1n) is 6.35. The highest BCUT2D eigenvalue weighted by molar-refractivity contribution is 5.33. The molecule has 0 bridgehead atoms. The lowest BCUT2D eigenvalue weighted by Gasteiger charge is -2.32. The second kappa shape index (κ2) is 5.96. The summed E-state index contributed by atoms with van der Waals surface area (Å²) in [6.45, 7) is 5.47. The molecule has 1 N–H and O–H groups in total. The van der Waals surface area contributed by atoms with Crippen molar-refractivity contribution in [2.24, 2.45) is 0 Å². The van der Waals surface area contributed by atoms with Gasteiger partial charge in [-0.15, -0.1) is 0 Å². The van der Waals surface area contributed by atoms with Gasteiger partial charge < -0.3 is 5.32 Å². The first-order valence-corrected chi connectivity index (χ1v) is 6.35. The van der Waals surface area contributed by atoms with Gasteiger partial charge in [0.25, 0.3) is 0 Å². The van der Waals surface area contributed by atoms with Crippen molar-refractivity contribution in [1.82, 2.24) is 9.88 Å². The van der Waals surface area contributed by atoms with E-state index in [0.29, 0.717) is 6.04 Å². The molecule has 0 spiro atoms. The Morgan fingerprint density at radius 2 is 2.12 bits per heavy atom. The molecule has 94 valence electrons. The van der Waals surface area contributed by atoms with Crippen molar-refractivity contribution < 1.29 is 4.39 Å². The Balaban J connectivity index is 1.78. The fraction of sp³-hybridized carbons (Fsp3) is 0.615. The second-order valence-electron chi connectivity index (χ2n) is 4.69. The predicted molar refractivity (Wildman–Crippen MR) is 67.6 cm³/mol. The monoisotopic (exact) mass is 237 g/mol. The lowest BCUT2D eigenvalue weighted by Crippen LogP contribution is -2.41. The van der Waals surface area contributed by atoms with E-state index in [1.807, 2.05) is 0 Å². The highest BCUT2D eigenvalue weighted by Gasteiger charge is 2.16. The van der Waals surface area contributed by atoms with Gasteiger partial charge in [0.15, 0.2) is 0 Å². The molecule has 1 aromatic rings. The van der Waals surface area contributed by atoms with Crippen molar-refractivity contribution in [2.45, 2.75) is 32.2 Å². The van der Waals surface area contributed by atoms with Crippen molar-refractivity contribution in [2.75, 3.05) is 25.0 Å². The van der Waals surface area contributed by atoms with Crippen LogP contribution >= 0.6 is 0 Å². The zero-order chi connectivity index (χ0) is 12.1. The average molecular weight is 237 g/mol. The Hall–Kier alpha value is -1.16. The number of aromatic nitrogens is 1. The van der Waals surface area contributed by atoms with Crippen LogP contribution in [0, 0.1) is 5.82 Å². The summed E-state index contributed by atoms with van der Waals surface area (Å²) >= 11 is 0. The predicted octanol–water partition coefficient (Wildman–Crippen LogP) is 2.51. The molecule has 1 atom stereocenters. The summed E-state index contributed by atoms with van der Waals surface area (Å²) < 4.78 is 12.7. The Bertz CT molecular complexity index is 333. The highest BCUT2D eigenvalue weighted by atomic mass is 19.1. The maximum absolute atomic E-state index is 12.7. The summed E-state index contributed by atoms with van der Waals surface area (Å²) in [5.41, 5.74) is 0. The van der Waals surface area contributed by atoms with Crippen molar-refractivity contribution in [3.63, 3.8) is 0 Å². The molecule has 3 nitrogen and oxygen atoms in total. The van der Waals surface area contributed by atoms with E-state index in [9.17, 15) is 4.39 Å². The van der Waals surface area contributed by atoms with Crippen LogP contribution in [0.4, 0.5) is 10.2 Å². The molecular weight excluding hydrogens is 217 g/mol. The molecule has 17 heavy (non-hydrogen) atoms. The van der Waals surface area contributed by atoms with Crippen molar-refractivity contribution >= 4 is 5.82 Å². The first-order chi connectivity index (χ1) is 8.25. The van der Waals surface area contributed by atoms with Crippen LogP contribution in [0.1, 0.15) is 26.2 Å². The summed E-state index contributed by atoms with van der Waals surface area (Å²) in [4.78, 5) is 6.49. The lowest BCUT2D eigenvalue weighted by atomic mass is 10.1. The Morgan fingerprint density at radius 3 is 2.76 bits per heavy atom. The van der Waals surface area contributed by atoms with E-state index in [1.54, 1.807) is 6.07 Å². The van der Waals surface area contributed by atoms with E-state index in [0.717, 1.165) is 12.4 Å². The Kier molecular flexibility index (Phi) is 4.31. The SMILES string of the molecule is CC(CNc1ccc(F)cn1)N1CCCCC1. The number of nitrogens with one attached hydrogen (secondary N) is 1. The third-order valence-corrected chi connectivity index (χ3v) is 3.32. The third kappa shape index (κ3) is 3.66. The number of likely N-dealkylation sites (tertiary alicyclic amines) is 1. The minimum absolute atomic E-state index is 0.292. The van der Waals surface area contributed by atoms with E-state index in [2.05, 4.69) is 22.1 Å². The summed E-state index contributed by atoms with van der Waals surface area (Å²) in [7, 11) is 0. The van der Waals surface area contributed by atoms with Gasteiger partial charge in [-0.25, -0.2) is 9.37 Å². The second-order valence-corrected chi connectivity index (χ2v) is 4.69. The minimum atomic E-state index is -0.292. The van der Waals surface area contributed by atoms with Crippen LogP contribution in [-0.4, -0.2) is 35.6 Å². The number of hydrogen-bond acceptors (Lipinski definition) is 3. The number of nitrogens with zero attached hydrogens (tertiary/aromatic N) is 2. The largest absolute Gasteiger partial charge is 0.369 e. The normalized spacial score (nSPS) is 18.9. The maximum Gasteiger partial charge on any atom is 0.141 e. The van der Waals surface area contributed by atoms with Crippen molar-refractivity contribution in [3.05, 3.63) is 24.1 Å². The van der Waals surface area contributed by atoms with Gasteiger partial charge in [0.2, 0.25) is 0 Å². The van der Waals surface area contributed by atoms with Crippen LogP contribution in [0.5, 0.6) is 0 Å². The number of halogens is 1. The molecule has 0 saturated carbocycles. The lowest BCUT2D eigenvalue weighted by molar-refractivity contribution is 0.180. The van der Waals surface area contributed by atoms with Gasteiger partial charge in [-0.2, -0.15) is 0 Å². The van der Waals surface area contributed by atoms with E-state index < -0.39 is 0 Å². The minimum Gasteiger partial charge on any atom is -0.369 e. The molecule has 0 aliphatic carbocycles. The molecule has 0 aromatic carbocycles. The molecule has 1 unspecified atom stereocenters. The molecule has 0 radical (unpaired) electrons. The number of rotatable bonds is 4. The van der Waals surface area contributed by atoms with Gasteiger partial charge in [0.05, 0.1) is 6.20 Å². The molecule has 1 aliphatic rings. The number of anilines is 1. The molecule has 1 aliphatic heterocycles. The van der Waals surface area contributed by atoms with E-state index in [1.165, 1.54) is 44.6 Å². The zero-order valence-corrected chi connectivity index (χ0v) is 10.3. The van der Waals surface area contributed by atoms with Gasteiger partial charge in [-0.05, 0) is 45.0 Å². The molecule has 1 saturated heterocycles. The van der Waals surface area contributed by atoms with E-state index in [-0.39, 0.29) is 5.82 Å². The van der Waals surface area contributed by atoms with Gasteiger partial charge in [-0.1, -0.05) is 6.42 Å². The molecule has 1 aromatic heterocycles. The fourth-order valence-corrected chi connectivity index (χ4v) is 2.22. The molecule has 0 amide bonds. The Morgan fingerprint density at radius 1 is 1.35 bits per heavy atom. The number of hydrogen-bond donors (Lipinski definition) is 1. The van der Waals surface area contributed by atoms with E-state index >= 15 is 0 Å². The van der Waals surface area contributed by atoms with Crippen LogP contribution in [0.3, 0.4) is 0 Å². The van der Waals surface area contributed by atoms with Crippen LogP contribution < -0.4 is 5.32 Å². The Labute approximate surface area is 102 Å². The molecule has 4 heteroatoms. The van der Waals surface area contributed by atoms with Crippen molar-refractivity contribution in [3.8, 4) is 0 Å². The van der Waals surface area contributed by atoms with Crippen LogP contribution in [0.25, 0.3) is 0 Å². The summed E-state index contributed by atoms with van der Waals surface area (Å²) in [6.07, 6.45) is 5.21. The summed E-state index contributed by atoms with van der Waals surface area (Å²) in [6, 6.07) is 3.61. The van der Waals surface area contributed by atoms with Gasteiger partial charge in [0.1, 0.15) is 11.6 Å². The molecule has 1 fully saturated rings. The van der Waals surface area contributed by atoms with E-state index in [4.69, 9.17) is 0 Å². The average Bonchev–Trinajstić information content (AvgIpc) is 2.39. The summed E-state index contributed by atoms with van der Waals surface area (Å²) in [5, 5.41) is 3.25. The van der Waals surface area contributed by atoms with Gasteiger partial charge in [0, 0.05) is 12.6 Å². The third-order valence-electron chi connectivity index (χ3n) is 3.32. The van der Waals surface area contributed by atoms with Crippen LogP contribution in [-0.2, 0) is 0 Å². The number of pyridine rings is 1. The summed E-state index contributed by atoms with van der Waals surface area (Å²) in [5.74, 6) is 0.454. The topological polar surface area (TPSA) is 28.2 Å². The van der Waals surface area contributed by atoms with Gasteiger partial charge in [-0.3, -0.25) is 4.90 Å². The maximum atomic E-state index is 12.7. The smallest absolute Gasteiger partial charge is 0.141 e. The van der Waals surface area contributed by atoms with Crippen molar-refractivity contribution in [1.29, 1.82) is 0 Å². The molecular formula is C13H20FN3. The number of piperidine rings is 1. The fourth-order valence-electron chi connectivity index (χ4n) is 2.22. The highest BCUT2D eigenvalue weighted by Crippen LogP contribution is 2.12. The molecule has 2 rings (SSSR count).